The number of hydrogen-bond donors (Lipinski definition) is 6. The molecule has 0 amide bonds. The van der Waals surface area contributed by atoms with E-state index < -0.39 is 0 Å². The molecule has 0 unspecified atom stereocenters. The second kappa shape index (κ2) is 29.3. The summed E-state index contributed by atoms with van der Waals surface area (Å²) in [6.45, 7) is 4.30. The summed E-state index contributed by atoms with van der Waals surface area (Å²) in [5.74, 6) is 0.919. The van der Waals surface area contributed by atoms with Gasteiger partial charge in [-0.1, -0.05) is 0 Å². The summed E-state index contributed by atoms with van der Waals surface area (Å²) in [6.07, 6.45) is 0. The number of aliphatic hydroxyl groups excluding tert-OH is 6. The molecular weight excluding hydrogens is 600 g/mol. The minimum atomic E-state index is -0.172. The van der Waals surface area contributed by atoms with Crippen molar-refractivity contribution in [1.82, 2.24) is 15.0 Å². The zero-order chi connectivity index (χ0) is 32.8. The molecule has 18 nitrogen and oxygen atoms in total. The number of hydrogen-bond acceptors (Lipinski definition) is 18. The quantitative estimate of drug-likeness (QED) is 0.0402. The second-order valence-electron chi connectivity index (χ2n) is 9.21. The van der Waals surface area contributed by atoms with E-state index in [1.165, 1.54) is 0 Å². The first kappa shape index (κ1) is 41.0. The van der Waals surface area contributed by atoms with Crippen molar-refractivity contribution < 1.29 is 59.1 Å². The van der Waals surface area contributed by atoms with Gasteiger partial charge in [0.05, 0.1) is 119 Å². The predicted molar refractivity (Wildman–Crippen MR) is 164 cm³/mol. The van der Waals surface area contributed by atoms with E-state index in [-0.39, 0.29) is 112 Å². The average Bonchev–Trinajstić information content (AvgIpc) is 3.05. The van der Waals surface area contributed by atoms with E-state index in [1.54, 1.807) is 4.90 Å². The Morgan fingerprint density at radius 1 is 0.311 bits per heavy atom. The van der Waals surface area contributed by atoms with Crippen LogP contribution in [0, 0.1) is 0 Å². The molecule has 0 aliphatic heterocycles. The van der Waals surface area contributed by atoms with Crippen LogP contribution in [0.2, 0.25) is 0 Å². The summed E-state index contributed by atoms with van der Waals surface area (Å²) >= 11 is 0. The number of aliphatic hydroxyl groups is 6. The molecule has 45 heavy (non-hydrogen) atoms. The summed E-state index contributed by atoms with van der Waals surface area (Å²) in [6, 6.07) is 0. The van der Waals surface area contributed by atoms with Gasteiger partial charge >= 0.3 is 0 Å². The van der Waals surface area contributed by atoms with Gasteiger partial charge in [0.1, 0.15) is 0 Å². The van der Waals surface area contributed by atoms with E-state index in [2.05, 4.69) is 0 Å². The molecule has 0 spiro atoms. The number of anilines is 3. The lowest BCUT2D eigenvalue weighted by molar-refractivity contribution is 0.0346. The van der Waals surface area contributed by atoms with Crippen LogP contribution in [0.4, 0.5) is 17.8 Å². The molecule has 0 radical (unpaired) electrons. The van der Waals surface area contributed by atoms with Crippen molar-refractivity contribution in [3.05, 3.63) is 0 Å². The molecule has 0 saturated heterocycles. The molecule has 0 aliphatic rings. The Morgan fingerprint density at radius 2 is 0.556 bits per heavy atom. The van der Waals surface area contributed by atoms with Gasteiger partial charge in [-0.3, -0.25) is 0 Å². The van der Waals surface area contributed by atoms with Gasteiger partial charge in [-0.25, -0.2) is 0 Å². The molecule has 1 aromatic heterocycles. The maximum absolute atomic E-state index is 9.81. The molecule has 1 heterocycles. The van der Waals surface area contributed by atoms with Crippen LogP contribution < -0.4 is 14.7 Å². The number of ether oxygens (including phenoxy) is 6. The van der Waals surface area contributed by atoms with Crippen LogP contribution in [-0.4, -0.2) is 204 Å². The van der Waals surface area contributed by atoms with Gasteiger partial charge in [0.25, 0.3) is 0 Å². The van der Waals surface area contributed by atoms with Gasteiger partial charge in [0.2, 0.25) is 17.8 Å². The van der Waals surface area contributed by atoms with Crippen molar-refractivity contribution in [2.75, 3.05) is 173 Å². The number of rotatable bonds is 33. The van der Waals surface area contributed by atoms with Crippen molar-refractivity contribution in [3.8, 4) is 0 Å². The highest BCUT2D eigenvalue weighted by molar-refractivity contribution is 5.47. The standard InChI is InChI=1S/C27H54N6O12/c34-7-1-31(2-13-40-18-8-35)25-28-26(32(3-14-41-19-9-36)4-15-42-20-10-37)30-27(29-25)33(5-16-43-21-11-38)6-17-44-23-24-45-22-12-39/h34-39H,1-24H2. The number of aromatic nitrogens is 3. The van der Waals surface area contributed by atoms with Crippen molar-refractivity contribution in [2.24, 2.45) is 0 Å². The van der Waals surface area contributed by atoms with Crippen molar-refractivity contribution in [2.45, 2.75) is 0 Å². The maximum Gasteiger partial charge on any atom is 0.232 e. The fraction of sp³-hybridized carbons (Fsp3) is 0.889. The SMILES string of the molecule is OCCOCCOCCN(CCOCCO)c1nc(N(CCO)CCOCCO)nc(N(CCOCCO)CCOCCO)n1. The Hall–Kier alpha value is -2.07. The summed E-state index contributed by atoms with van der Waals surface area (Å²) in [5, 5.41) is 55.2. The third-order valence-electron chi connectivity index (χ3n) is 5.90. The summed E-state index contributed by atoms with van der Waals surface area (Å²) in [7, 11) is 0. The van der Waals surface area contributed by atoms with Gasteiger partial charge in [-0.2, -0.15) is 15.0 Å². The first-order valence-corrected chi connectivity index (χ1v) is 15.3. The fourth-order valence-electron chi connectivity index (χ4n) is 3.75. The van der Waals surface area contributed by atoms with Crippen LogP contribution in [0.3, 0.4) is 0 Å². The Bertz CT molecular complexity index is 795. The molecule has 264 valence electrons. The van der Waals surface area contributed by atoms with E-state index in [4.69, 9.17) is 68.9 Å². The normalized spacial score (nSPS) is 11.3. The topological polar surface area (TPSA) is 225 Å². The number of nitrogens with zero attached hydrogens (tertiary/aromatic N) is 6. The van der Waals surface area contributed by atoms with Crippen LogP contribution >= 0.6 is 0 Å². The molecular formula is C27H54N6O12. The zero-order valence-corrected chi connectivity index (χ0v) is 26.3. The Balaban J connectivity index is 3.37. The van der Waals surface area contributed by atoms with E-state index in [1.807, 2.05) is 9.80 Å². The molecule has 6 N–H and O–H groups in total. The lowest BCUT2D eigenvalue weighted by Gasteiger charge is -2.29. The van der Waals surface area contributed by atoms with E-state index >= 15 is 0 Å². The molecule has 0 aromatic carbocycles. The van der Waals surface area contributed by atoms with Gasteiger partial charge in [-0.05, 0) is 0 Å². The van der Waals surface area contributed by atoms with E-state index in [9.17, 15) is 5.11 Å². The molecule has 1 rings (SSSR count). The van der Waals surface area contributed by atoms with Crippen LogP contribution in [-0.2, 0) is 28.4 Å². The van der Waals surface area contributed by atoms with E-state index in [0.717, 1.165) is 0 Å². The maximum atomic E-state index is 9.81. The Morgan fingerprint density at radius 3 is 0.822 bits per heavy atom. The molecule has 0 saturated carbocycles. The highest BCUT2D eigenvalue weighted by Gasteiger charge is 2.21. The van der Waals surface area contributed by atoms with Crippen molar-refractivity contribution in [3.63, 3.8) is 0 Å². The monoisotopic (exact) mass is 654 g/mol. The molecule has 1 aromatic rings. The predicted octanol–water partition coefficient (Wildman–Crippen LogP) is -3.66. The Kier molecular flexibility index (Phi) is 26.7. The second-order valence-corrected chi connectivity index (χ2v) is 9.21. The molecule has 0 atom stereocenters. The lowest BCUT2D eigenvalue weighted by Crippen LogP contribution is -2.38. The largest absolute Gasteiger partial charge is 0.395 e. The fourth-order valence-corrected chi connectivity index (χ4v) is 3.75. The van der Waals surface area contributed by atoms with Crippen LogP contribution in [0.1, 0.15) is 0 Å². The average molecular weight is 655 g/mol. The lowest BCUT2D eigenvalue weighted by atomic mass is 10.4. The summed E-state index contributed by atoms with van der Waals surface area (Å²) < 4.78 is 32.9. The first-order valence-electron chi connectivity index (χ1n) is 15.3. The first-order chi connectivity index (χ1) is 22.1. The highest BCUT2D eigenvalue weighted by atomic mass is 16.5. The van der Waals surface area contributed by atoms with Crippen LogP contribution in [0.25, 0.3) is 0 Å². The van der Waals surface area contributed by atoms with Crippen LogP contribution in [0.15, 0.2) is 0 Å². The minimum Gasteiger partial charge on any atom is -0.395 e. The van der Waals surface area contributed by atoms with Crippen molar-refractivity contribution in [1.29, 1.82) is 0 Å². The van der Waals surface area contributed by atoms with Gasteiger partial charge < -0.3 is 73.8 Å². The third-order valence-corrected chi connectivity index (χ3v) is 5.90. The third kappa shape index (κ3) is 19.9. The van der Waals surface area contributed by atoms with Gasteiger partial charge in [0, 0.05) is 39.3 Å². The summed E-state index contributed by atoms with van der Waals surface area (Å²) in [5.41, 5.74) is 0. The molecule has 0 aliphatic carbocycles. The van der Waals surface area contributed by atoms with E-state index in [0.29, 0.717) is 64.4 Å². The molecule has 18 heteroatoms. The summed E-state index contributed by atoms with van der Waals surface area (Å²) in [4.78, 5) is 19.7. The molecule has 0 fully saturated rings. The zero-order valence-electron chi connectivity index (χ0n) is 26.3. The highest BCUT2D eigenvalue weighted by Crippen LogP contribution is 2.20. The van der Waals surface area contributed by atoms with Gasteiger partial charge in [0.15, 0.2) is 0 Å². The minimum absolute atomic E-state index is 0.0648. The van der Waals surface area contributed by atoms with Gasteiger partial charge in [-0.15, -0.1) is 0 Å². The molecule has 0 bridgehead atoms. The van der Waals surface area contributed by atoms with Crippen LogP contribution in [0.5, 0.6) is 0 Å². The Labute approximate surface area is 265 Å². The smallest absolute Gasteiger partial charge is 0.232 e. The van der Waals surface area contributed by atoms with Crippen molar-refractivity contribution >= 4 is 17.8 Å².